The van der Waals surface area contributed by atoms with E-state index in [1.54, 1.807) is 12.1 Å². The predicted octanol–water partition coefficient (Wildman–Crippen LogP) is 6.11. The second-order valence-electron chi connectivity index (χ2n) is 7.85. The lowest BCUT2D eigenvalue weighted by molar-refractivity contribution is -0.123. The Morgan fingerprint density at radius 1 is 0.941 bits per heavy atom. The first-order chi connectivity index (χ1) is 16.5. The zero-order valence-electron chi connectivity index (χ0n) is 18.9. The number of phenols is 1. The molecule has 0 saturated heterocycles. The number of hydrogen-bond donors (Lipinski definition) is 2. The molecule has 2 N–H and O–H groups in total. The number of amides is 1. The van der Waals surface area contributed by atoms with Gasteiger partial charge < -0.3 is 9.84 Å². The zero-order chi connectivity index (χ0) is 23.9. The third kappa shape index (κ3) is 5.83. The Morgan fingerprint density at radius 2 is 1.71 bits per heavy atom. The van der Waals surface area contributed by atoms with E-state index in [-0.39, 0.29) is 12.4 Å². The number of nitrogens with one attached hydrogen (secondary N) is 1. The first kappa shape index (κ1) is 22.7. The summed E-state index contributed by atoms with van der Waals surface area (Å²) in [5.74, 6) is 0.217. The molecule has 7 heteroatoms. The largest absolute Gasteiger partial charge is 0.507 e. The highest BCUT2D eigenvalue weighted by Crippen LogP contribution is 2.28. The molecule has 0 saturated carbocycles. The van der Waals surface area contributed by atoms with Gasteiger partial charge in [-0.2, -0.15) is 10.2 Å². The third-order valence-corrected chi connectivity index (χ3v) is 5.01. The second kappa shape index (κ2) is 10.4. The number of rotatable bonds is 7. The quantitative estimate of drug-likeness (QED) is 0.201. The molecule has 1 amide bonds. The minimum absolute atomic E-state index is 0.00796. The van der Waals surface area contributed by atoms with Gasteiger partial charge in [-0.15, -0.1) is 5.11 Å². The number of hydrogen-bond acceptors (Lipinski definition) is 6. The summed E-state index contributed by atoms with van der Waals surface area (Å²) in [6.45, 7) is 3.75. The highest BCUT2D eigenvalue weighted by Gasteiger charge is 2.05. The minimum Gasteiger partial charge on any atom is -0.507 e. The van der Waals surface area contributed by atoms with Crippen LogP contribution in [0.5, 0.6) is 11.5 Å². The van der Waals surface area contributed by atoms with Crippen molar-refractivity contribution in [2.75, 3.05) is 6.61 Å². The fourth-order valence-corrected chi connectivity index (χ4v) is 3.49. The number of nitrogens with zero attached hydrogens (tertiary/aromatic N) is 3. The van der Waals surface area contributed by atoms with Gasteiger partial charge in [0, 0.05) is 10.9 Å². The van der Waals surface area contributed by atoms with Gasteiger partial charge in [-0.25, -0.2) is 5.43 Å². The maximum Gasteiger partial charge on any atom is 0.277 e. The van der Waals surface area contributed by atoms with Crippen LogP contribution in [0.1, 0.15) is 16.7 Å². The van der Waals surface area contributed by atoms with Gasteiger partial charge in [0.1, 0.15) is 11.5 Å². The van der Waals surface area contributed by atoms with Crippen molar-refractivity contribution in [2.45, 2.75) is 13.8 Å². The van der Waals surface area contributed by atoms with Crippen molar-refractivity contribution in [3.05, 3.63) is 95.6 Å². The average molecular weight is 453 g/mol. The number of aromatic hydroxyl groups is 1. The smallest absolute Gasteiger partial charge is 0.277 e. The van der Waals surface area contributed by atoms with E-state index in [0.717, 1.165) is 27.6 Å². The topological polar surface area (TPSA) is 95.6 Å². The fraction of sp³-hybridized carbons (Fsp3) is 0.111. The summed E-state index contributed by atoms with van der Waals surface area (Å²) in [5.41, 5.74) is 6.19. The summed E-state index contributed by atoms with van der Waals surface area (Å²) in [5, 5.41) is 24.8. The average Bonchev–Trinajstić information content (AvgIpc) is 2.82. The summed E-state index contributed by atoms with van der Waals surface area (Å²) >= 11 is 0. The number of hydrazone groups is 1. The molecule has 0 aliphatic carbocycles. The lowest BCUT2D eigenvalue weighted by Gasteiger charge is -2.07. The van der Waals surface area contributed by atoms with Crippen LogP contribution in [0.3, 0.4) is 0 Å². The molecule has 0 heterocycles. The lowest BCUT2D eigenvalue weighted by atomic mass is 10.1. The van der Waals surface area contributed by atoms with Gasteiger partial charge in [0.25, 0.3) is 5.91 Å². The highest BCUT2D eigenvalue weighted by molar-refractivity contribution is 5.92. The number of carbonyl (C=O) groups excluding carboxylic acids is 1. The molecule has 4 aromatic carbocycles. The Hall–Kier alpha value is -4.52. The standard InChI is InChI=1S/C27H24N4O3/c1-18-12-19(2)14-23(13-18)34-17-27(33)31-28-16-21-15-22(10-11-26(21)32)29-30-25-9-5-7-20-6-3-4-8-24(20)25/h3-16,32H,17H2,1-2H3,(H,31,33)/b28-16+,30-29?. The van der Waals surface area contributed by atoms with Crippen LogP contribution in [0.2, 0.25) is 0 Å². The maximum absolute atomic E-state index is 12.0. The molecule has 0 aliphatic heterocycles. The Bertz CT molecular complexity index is 1370. The molecule has 0 spiro atoms. The molecule has 0 aromatic heterocycles. The normalized spacial score (nSPS) is 11.4. The molecule has 7 nitrogen and oxygen atoms in total. The van der Waals surface area contributed by atoms with E-state index >= 15 is 0 Å². The Kier molecular flexibility index (Phi) is 6.93. The van der Waals surface area contributed by atoms with Crippen molar-refractivity contribution in [3.63, 3.8) is 0 Å². The molecular formula is C27H24N4O3. The maximum atomic E-state index is 12.0. The Labute approximate surface area is 197 Å². The van der Waals surface area contributed by atoms with E-state index in [1.165, 1.54) is 12.3 Å². The summed E-state index contributed by atoms with van der Waals surface area (Å²) in [4.78, 5) is 12.0. The SMILES string of the molecule is Cc1cc(C)cc(OCC(=O)N/N=C/c2cc(N=Nc3cccc4ccccc34)ccc2O)c1. The first-order valence-electron chi connectivity index (χ1n) is 10.7. The van der Waals surface area contributed by atoms with Crippen LogP contribution in [0.25, 0.3) is 10.8 Å². The fourth-order valence-electron chi connectivity index (χ4n) is 3.49. The number of fused-ring (bicyclic) bond motifs is 1. The van der Waals surface area contributed by atoms with Gasteiger partial charge in [0.05, 0.1) is 17.6 Å². The minimum atomic E-state index is -0.415. The van der Waals surface area contributed by atoms with Gasteiger partial charge in [-0.1, -0.05) is 42.5 Å². The summed E-state index contributed by atoms with van der Waals surface area (Å²) in [6.07, 6.45) is 1.35. The summed E-state index contributed by atoms with van der Waals surface area (Å²) in [7, 11) is 0. The zero-order valence-corrected chi connectivity index (χ0v) is 18.9. The number of phenolic OH excluding ortho intramolecular Hbond substituents is 1. The van der Waals surface area contributed by atoms with Crippen LogP contribution < -0.4 is 10.2 Å². The van der Waals surface area contributed by atoms with Crippen molar-refractivity contribution in [2.24, 2.45) is 15.3 Å². The van der Waals surface area contributed by atoms with Gasteiger partial charge in [0.15, 0.2) is 6.61 Å². The van der Waals surface area contributed by atoms with Crippen molar-refractivity contribution < 1.29 is 14.6 Å². The predicted molar refractivity (Wildman–Crippen MR) is 133 cm³/mol. The Balaban J connectivity index is 1.39. The van der Waals surface area contributed by atoms with Crippen molar-refractivity contribution in [1.29, 1.82) is 0 Å². The van der Waals surface area contributed by atoms with Crippen LogP contribution in [0.15, 0.2) is 94.2 Å². The van der Waals surface area contributed by atoms with E-state index in [4.69, 9.17) is 4.74 Å². The molecule has 34 heavy (non-hydrogen) atoms. The molecule has 0 atom stereocenters. The van der Waals surface area contributed by atoms with Crippen LogP contribution in [-0.4, -0.2) is 23.8 Å². The molecule has 0 aliphatic rings. The van der Waals surface area contributed by atoms with Crippen molar-refractivity contribution >= 4 is 34.3 Å². The van der Waals surface area contributed by atoms with E-state index in [1.807, 2.05) is 74.5 Å². The van der Waals surface area contributed by atoms with E-state index < -0.39 is 5.91 Å². The van der Waals surface area contributed by atoms with E-state index in [0.29, 0.717) is 17.0 Å². The monoisotopic (exact) mass is 452 g/mol. The van der Waals surface area contributed by atoms with Crippen molar-refractivity contribution in [3.8, 4) is 11.5 Å². The van der Waals surface area contributed by atoms with Crippen LogP contribution in [0, 0.1) is 13.8 Å². The summed E-state index contributed by atoms with van der Waals surface area (Å²) in [6, 6.07) is 24.3. The number of aryl methyl sites for hydroxylation is 2. The second-order valence-corrected chi connectivity index (χ2v) is 7.85. The number of carbonyl (C=O) groups is 1. The number of azo groups is 1. The number of ether oxygens (including phenoxy) is 1. The van der Waals surface area contributed by atoms with E-state index in [2.05, 4.69) is 20.8 Å². The molecular weight excluding hydrogens is 428 g/mol. The van der Waals surface area contributed by atoms with Gasteiger partial charge in [0.2, 0.25) is 0 Å². The van der Waals surface area contributed by atoms with Gasteiger partial charge >= 0.3 is 0 Å². The van der Waals surface area contributed by atoms with Crippen LogP contribution in [0.4, 0.5) is 11.4 Å². The highest BCUT2D eigenvalue weighted by atomic mass is 16.5. The van der Waals surface area contributed by atoms with Crippen LogP contribution in [-0.2, 0) is 4.79 Å². The third-order valence-electron chi connectivity index (χ3n) is 5.01. The van der Waals surface area contributed by atoms with E-state index in [9.17, 15) is 9.90 Å². The lowest BCUT2D eigenvalue weighted by Crippen LogP contribution is -2.24. The molecule has 4 rings (SSSR count). The number of benzene rings is 4. The van der Waals surface area contributed by atoms with Crippen molar-refractivity contribution in [1.82, 2.24) is 5.43 Å². The summed E-state index contributed by atoms with van der Waals surface area (Å²) < 4.78 is 5.52. The Morgan fingerprint density at radius 3 is 2.53 bits per heavy atom. The molecule has 0 unspecified atom stereocenters. The molecule has 170 valence electrons. The van der Waals surface area contributed by atoms with Gasteiger partial charge in [-0.3, -0.25) is 4.79 Å². The van der Waals surface area contributed by atoms with Gasteiger partial charge in [-0.05, 0) is 66.8 Å². The van der Waals surface area contributed by atoms with Crippen LogP contribution >= 0.6 is 0 Å². The molecule has 4 aromatic rings. The molecule has 0 fully saturated rings. The first-order valence-corrected chi connectivity index (χ1v) is 10.7. The molecule has 0 bridgehead atoms. The molecule has 0 radical (unpaired) electrons.